The molecular weight excluding hydrogens is 364 g/mol. The Morgan fingerprint density at radius 3 is 2.50 bits per heavy atom. The van der Waals surface area contributed by atoms with Crippen molar-refractivity contribution in [2.45, 2.75) is 25.9 Å². The second-order valence-corrected chi connectivity index (χ2v) is 7.70. The second-order valence-electron chi connectivity index (χ2n) is 5.81. The number of aryl methyl sites for hydroxylation is 1. The number of amides is 1. The topological polar surface area (TPSA) is 51.0 Å². The molecule has 0 fully saturated rings. The first-order chi connectivity index (χ1) is 12.6. The molecule has 0 bridgehead atoms. The molecule has 0 N–H and O–H groups in total. The van der Waals surface area contributed by atoms with Crippen LogP contribution in [0.15, 0.2) is 46.9 Å². The molecule has 136 valence electrons. The van der Waals surface area contributed by atoms with Crippen molar-refractivity contribution >= 4 is 29.0 Å². The molecular formula is C19H22N4OS2. The molecule has 3 aromatic rings. The summed E-state index contributed by atoms with van der Waals surface area (Å²) in [6, 6.07) is 12.3. The molecule has 1 amide bonds. The normalized spacial score (nSPS) is 10.9. The Hall–Kier alpha value is -2.12. The minimum atomic E-state index is 0.121. The van der Waals surface area contributed by atoms with Crippen molar-refractivity contribution in [3.05, 3.63) is 47.3 Å². The first-order valence-corrected chi connectivity index (χ1v) is 10.5. The lowest BCUT2D eigenvalue weighted by Gasteiger charge is -2.18. The molecule has 0 radical (unpaired) electrons. The third kappa shape index (κ3) is 3.99. The lowest BCUT2D eigenvalue weighted by molar-refractivity contribution is -0.127. The average Bonchev–Trinajstić information content (AvgIpc) is 3.31. The van der Waals surface area contributed by atoms with Gasteiger partial charge in [0.2, 0.25) is 5.91 Å². The third-order valence-corrected chi connectivity index (χ3v) is 5.89. The van der Waals surface area contributed by atoms with E-state index in [9.17, 15) is 4.79 Å². The van der Waals surface area contributed by atoms with Gasteiger partial charge in [-0.3, -0.25) is 9.36 Å². The van der Waals surface area contributed by atoms with Crippen LogP contribution >= 0.6 is 23.1 Å². The van der Waals surface area contributed by atoms with E-state index >= 15 is 0 Å². The SMILES string of the molecule is CCN(CC)C(=O)CSc1nnc(-c2cccs2)n1-c1ccc(C)cc1. The molecule has 0 atom stereocenters. The van der Waals surface area contributed by atoms with Crippen LogP contribution in [-0.4, -0.2) is 44.4 Å². The first-order valence-electron chi connectivity index (χ1n) is 8.61. The van der Waals surface area contributed by atoms with Crippen LogP contribution in [0, 0.1) is 6.92 Å². The molecule has 0 unspecified atom stereocenters. The molecule has 0 aliphatic heterocycles. The van der Waals surface area contributed by atoms with Crippen LogP contribution in [0.3, 0.4) is 0 Å². The van der Waals surface area contributed by atoms with E-state index < -0.39 is 0 Å². The molecule has 0 saturated heterocycles. The summed E-state index contributed by atoms with van der Waals surface area (Å²) in [7, 11) is 0. The molecule has 3 rings (SSSR count). The van der Waals surface area contributed by atoms with Crippen LogP contribution < -0.4 is 0 Å². The maximum atomic E-state index is 12.4. The van der Waals surface area contributed by atoms with E-state index in [1.165, 1.54) is 17.3 Å². The molecule has 0 spiro atoms. The van der Waals surface area contributed by atoms with E-state index in [4.69, 9.17) is 0 Å². The van der Waals surface area contributed by atoms with E-state index in [0.717, 1.165) is 34.6 Å². The van der Waals surface area contributed by atoms with Gasteiger partial charge in [-0.1, -0.05) is 35.5 Å². The number of aromatic nitrogens is 3. The number of hydrogen-bond acceptors (Lipinski definition) is 5. The molecule has 2 heterocycles. The fraction of sp³-hybridized carbons (Fsp3) is 0.316. The number of hydrogen-bond donors (Lipinski definition) is 0. The summed E-state index contributed by atoms with van der Waals surface area (Å²) >= 11 is 3.06. The van der Waals surface area contributed by atoms with Gasteiger partial charge < -0.3 is 4.90 Å². The predicted molar refractivity (Wildman–Crippen MR) is 108 cm³/mol. The highest BCUT2D eigenvalue weighted by atomic mass is 32.2. The van der Waals surface area contributed by atoms with Gasteiger partial charge in [0.15, 0.2) is 11.0 Å². The van der Waals surface area contributed by atoms with Gasteiger partial charge in [-0.25, -0.2) is 0 Å². The number of rotatable bonds is 7. The standard InChI is InChI=1S/C19H22N4OS2/c1-4-22(5-2)17(24)13-26-19-21-20-18(16-7-6-12-25-16)23(19)15-10-8-14(3)9-11-15/h6-12H,4-5,13H2,1-3H3. The van der Waals surface area contributed by atoms with E-state index in [2.05, 4.69) is 41.4 Å². The second kappa shape index (κ2) is 8.51. The van der Waals surface area contributed by atoms with Gasteiger partial charge in [-0.2, -0.15) is 0 Å². The molecule has 1 aromatic carbocycles. The zero-order chi connectivity index (χ0) is 18.5. The minimum absolute atomic E-state index is 0.121. The first kappa shape index (κ1) is 18.7. The predicted octanol–water partition coefficient (Wildman–Crippen LogP) is 4.26. The maximum absolute atomic E-state index is 12.4. The summed E-state index contributed by atoms with van der Waals surface area (Å²) in [5.41, 5.74) is 2.20. The molecule has 7 heteroatoms. The van der Waals surface area contributed by atoms with E-state index in [0.29, 0.717) is 5.75 Å². The Morgan fingerprint density at radius 2 is 1.88 bits per heavy atom. The quantitative estimate of drug-likeness (QED) is 0.569. The van der Waals surface area contributed by atoms with E-state index in [1.807, 2.05) is 40.8 Å². The Morgan fingerprint density at radius 1 is 1.15 bits per heavy atom. The molecule has 5 nitrogen and oxygen atoms in total. The maximum Gasteiger partial charge on any atom is 0.233 e. The molecule has 0 aliphatic rings. The van der Waals surface area contributed by atoms with Gasteiger partial charge in [-0.15, -0.1) is 21.5 Å². The highest BCUT2D eigenvalue weighted by molar-refractivity contribution is 7.99. The van der Waals surface area contributed by atoms with Gasteiger partial charge in [0.05, 0.1) is 10.6 Å². The van der Waals surface area contributed by atoms with Crippen molar-refractivity contribution in [1.82, 2.24) is 19.7 Å². The number of thiophene rings is 1. The van der Waals surface area contributed by atoms with Crippen molar-refractivity contribution in [1.29, 1.82) is 0 Å². The van der Waals surface area contributed by atoms with E-state index in [-0.39, 0.29) is 5.91 Å². The Kier molecular flexibility index (Phi) is 6.11. The summed E-state index contributed by atoms with van der Waals surface area (Å²) < 4.78 is 2.03. The number of carbonyl (C=O) groups excluding carboxylic acids is 1. The largest absolute Gasteiger partial charge is 0.343 e. The van der Waals surface area contributed by atoms with Gasteiger partial charge in [0.25, 0.3) is 0 Å². The Labute approximate surface area is 162 Å². The van der Waals surface area contributed by atoms with Crippen molar-refractivity contribution in [2.75, 3.05) is 18.8 Å². The van der Waals surface area contributed by atoms with Crippen LogP contribution in [0.5, 0.6) is 0 Å². The van der Waals surface area contributed by atoms with Crippen molar-refractivity contribution in [3.63, 3.8) is 0 Å². The van der Waals surface area contributed by atoms with Crippen LogP contribution in [0.25, 0.3) is 16.4 Å². The molecule has 0 aliphatic carbocycles. The van der Waals surface area contributed by atoms with Gasteiger partial charge >= 0.3 is 0 Å². The summed E-state index contributed by atoms with van der Waals surface area (Å²) in [4.78, 5) is 15.2. The summed E-state index contributed by atoms with van der Waals surface area (Å²) in [5, 5.41) is 11.5. The highest BCUT2D eigenvalue weighted by Crippen LogP contribution is 2.30. The van der Waals surface area contributed by atoms with Crippen LogP contribution in [0.4, 0.5) is 0 Å². The summed E-state index contributed by atoms with van der Waals surface area (Å²) in [6.07, 6.45) is 0. The lowest BCUT2D eigenvalue weighted by Crippen LogP contribution is -2.31. The van der Waals surface area contributed by atoms with Crippen LogP contribution in [-0.2, 0) is 4.79 Å². The monoisotopic (exact) mass is 386 g/mol. The number of thioether (sulfide) groups is 1. The van der Waals surface area contributed by atoms with Crippen molar-refractivity contribution < 1.29 is 4.79 Å². The van der Waals surface area contributed by atoms with Gasteiger partial charge in [0.1, 0.15) is 0 Å². The zero-order valence-electron chi connectivity index (χ0n) is 15.2. The minimum Gasteiger partial charge on any atom is -0.343 e. The van der Waals surface area contributed by atoms with Crippen molar-refractivity contribution in [2.24, 2.45) is 0 Å². The smallest absolute Gasteiger partial charge is 0.233 e. The van der Waals surface area contributed by atoms with Crippen LogP contribution in [0.2, 0.25) is 0 Å². The van der Waals surface area contributed by atoms with Gasteiger partial charge in [0, 0.05) is 18.8 Å². The third-order valence-electron chi connectivity index (χ3n) is 4.11. The fourth-order valence-corrected chi connectivity index (χ4v) is 4.20. The highest BCUT2D eigenvalue weighted by Gasteiger charge is 2.19. The Bertz CT molecular complexity index is 852. The fourth-order valence-electron chi connectivity index (χ4n) is 2.65. The molecule has 2 aromatic heterocycles. The summed E-state index contributed by atoms with van der Waals surface area (Å²) in [6.45, 7) is 7.50. The molecule has 26 heavy (non-hydrogen) atoms. The lowest BCUT2D eigenvalue weighted by atomic mass is 10.2. The van der Waals surface area contributed by atoms with Crippen molar-refractivity contribution in [3.8, 4) is 16.4 Å². The van der Waals surface area contributed by atoms with E-state index in [1.54, 1.807) is 11.3 Å². The Balaban J connectivity index is 1.93. The number of nitrogens with zero attached hydrogens (tertiary/aromatic N) is 4. The van der Waals surface area contributed by atoms with Gasteiger partial charge in [-0.05, 0) is 44.4 Å². The number of benzene rings is 1. The van der Waals surface area contributed by atoms with Crippen LogP contribution in [0.1, 0.15) is 19.4 Å². The molecule has 0 saturated carbocycles. The number of carbonyl (C=O) groups is 1. The summed E-state index contributed by atoms with van der Waals surface area (Å²) in [5.74, 6) is 1.29. The average molecular weight is 387 g/mol. The zero-order valence-corrected chi connectivity index (χ0v) is 16.8.